The minimum Gasteiger partial charge on any atom is -0.388 e. The van der Waals surface area contributed by atoms with Crippen LogP contribution in [0, 0.1) is 0 Å². The Morgan fingerprint density at radius 1 is 0.706 bits per heavy atom. The minimum absolute atomic E-state index is 0.231. The van der Waals surface area contributed by atoms with Crippen molar-refractivity contribution in [1.29, 1.82) is 0 Å². The first-order chi connectivity index (χ1) is 16.7. The van der Waals surface area contributed by atoms with Gasteiger partial charge in [0.05, 0.1) is 26.4 Å². The van der Waals surface area contributed by atoms with Crippen LogP contribution in [0.4, 0.5) is 0 Å². The number of hydrogen-bond acceptors (Lipinski definition) is 6. The monoisotopic (exact) mass is 462 g/mol. The van der Waals surface area contributed by atoms with Crippen LogP contribution in [-0.4, -0.2) is 48.5 Å². The third kappa shape index (κ3) is 6.59. The smallest absolute Gasteiger partial charge is 0.189 e. The summed E-state index contributed by atoms with van der Waals surface area (Å²) in [6.45, 7) is 0.663. The van der Waals surface area contributed by atoms with E-state index in [9.17, 15) is 9.90 Å². The Balaban J connectivity index is 1.48. The molecule has 34 heavy (non-hydrogen) atoms. The van der Waals surface area contributed by atoms with Crippen molar-refractivity contribution >= 4 is 5.78 Å². The number of carbonyl (C=O) groups excluding carboxylic acids is 1. The lowest BCUT2D eigenvalue weighted by atomic mass is 10.0. The van der Waals surface area contributed by atoms with E-state index in [2.05, 4.69) is 0 Å². The first kappa shape index (κ1) is 24.3. The lowest BCUT2D eigenvalue weighted by Gasteiger charge is -2.25. The number of aliphatic hydroxyl groups excluding tert-OH is 1. The van der Waals surface area contributed by atoms with E-state index in [0.717, 1.165) is 16.7 Å². The molecule has 4 rings (SSSR count). The van der Waals surface area contributed by atoms with Crippen LogP contribution in [0.2, 0.25) is 0 Å². The number of hydrogen-bond donors (Lipinski definition) is 1. The average Bonchev–Trinajstić information content (AvgIpc) is 3.24. The van der Waals surface area contributed by atoms with Crippen LogP contribution in [0.5, 0.6) is 0 Å². The van der Waals surface area contributed by atoms with Crippen LogP contribution in [0.3, 0.4) is 0 Å². The molecule has 0 saturated carbocycles. The highest BCUT2D eigenvalue weighted by Gasteiger charge is 2.49. The van der Waals surface area contributed by atoms with E-state index in [0.29, 0.717) is 19.8 Å². The Bertz CT molecular complexity index is 995. The van der Waals surface area contributed by atoms with Crippen molar-refractivity contribution in [3.63, 3.8) is 0 Å². The van der Waals surface area contributed by atoms with Gasteiger partial charge in [-0.1, -0.05) is 91.0 Å². The molecule has 4 atom stereocenters. The maximum Gasteiger partial charge on any atom is 0.189 e. The maximum absolute atomic E-state index is 12.5. The molecule has 1 aliphatic rings. The summed E-state index contributed by atoms with van der Waals surface area (Å²) in [5, 5.41) is 9.55. The van der Waals surface area contributed by atoms with E-state index in [-0.39, 0.29) is 6.61 Å². The van der Waals surface area contributed by atoms with E-state index < -0.39 is 36.8 Å². The Hall–Kier alpha value is -2.87. The third-order valence-corrected chi connectivity index (χ3v) is 5.75. The van der Waals surface area contributed by atoms with Crippen molar-refractivity contribution in [1.82, 2.24) is 0 Å². The molecule has 1 N–H and O–H groups in total. The van der Waals surface area contributed by atoms with Crippen LogP contribution in [0.25, 0.3) is 0 Å². The van der Waals surface area contributed by atoms with Crippen LogP contribution in [-0.2, 0) is 43.6 Å². The molecule has 3 aromatic carbocycles. The lowest BCUT2D eigenvalue weighted by Crippen LogP contribution is -2.41. The lowest BCUT2D eigenvalue weighted by molar-refractivity contribution is -0.140. The second-order valence-corrected chi connectivity index (χ2v) is 8.24. The number of ether oxygens (including phenoxy) is 4. The Labute approximate surface area is 200 Å². The number of Topliss-reactive ketones (excluding diaryl/α,β-unsaturated/α-hetero) is 1. The van der Waals surface area contributed by atoms with E-state index >= 15 is 0 Å². The molecular formula is C28H30O6. The topological polar surface area (TPSA) is 74.2 Å². The molecular weight excluding hydrogens is 432 g/mol. The summed E-state index contributed by atoms with van der Waals surface area (Å²) in [5.74, 6) is -0.433. The van der Waals surface area contributed by atoms with Gasteiger partial charge in [-0.15, -0.1) is 0 Å². The zero-order valence-corrected chi connectivity index (χ0v) is 19.0. The molecule has 0 spiro atoms. The van der Waals surface area contributed by atoms with Crippen LogP contribution < -0.4 is 0 Å². The maximum atomic E-state index is 12.5. The second-order valence-electron chi connectivity index (χ2n) is 8.24. The zero-order valence-electron chi connectivity index (χ0n) is 19.0. The van der Waals surface area contributed by atoms with Crippen molar-refractivity contribution in [2.75, 3.05) is 13.2 Å². The Morgan fingerprint density at radius 2 is 1.18 bits per heavy atom. The first-order valence-electron chi connectivity index (χ1n) is 11.5. The molecule has 0 amide bonds. The van der Waals surface area contributed by atoms with Gasteiger partial charge in [0.2, 0.25) is 0 Å². The number of ketones is 1. The zero-order chi connectivity index (χ0) is 23.6. The summed E-state index contributed by atoms with van der Waals surface area (Å²) < 4.78 is 24.4. The quantitative estimate of drug-likeness (QED) is 0.442. The van der Waals surface area contributed by atoms with E-state index in [4.69, 9.17) is 18.9 Å². The van der Waals surface area contributed by atoms with Gasteiger partial charge < -0.3 is 24.1 Å². The molecule has 178 valence electrons. The van der Waals surface area contributed by atoms with Crippen LogP contribution in [0.15, 0.2) is 91.0 Å². The highest BCUT2D eigenvalue weighted by Crippen LogP contribution is 2.29. The fourth-order valence-corrected chi connectivity index (χ4v) is 4.00. The highest BCUT2D eigenvalue weighted by atomic mass is 16.6. The molecule has 0 unspecified atom stereocenters. The van der Waals surface area contributed by atoms with Gasteiger partial charge in [-0.05, 0) is 16.7 Å². The normalized spacial score (nSPS) is 22.0. The van der Waals surface area contributed by atoms with Gasteiger partial charge in [0.1, 0.15) is 31.0 Å². The van der Waals surface area contributed by atoms with Crippen molar-refractivity contribution in [2.45, 2.75) is 44.2 Å². The molecule has 0 bridgehead atoms. The molecule has 1 heterocycles. The summed E-state index contributed by atoms with van der Waals surface area (Å²) in [6.07, 6.45) is -2.66. The molecule has 6 nitrogen and oxygen atoms in total. The third-order valence-electron chi connectivity index (χ3n) is 5.75. The molecule has 0 radical (unpaired) electrons. The number of carbonyl (C=O) groups is 1. The highest BCUT2D eigenvalue weighted by molar-refractivity contribution is 5.85. The summed E-state index contributed by atoms with van der Waals surface area (Å²) in [6, 6.07) is 29.4. The number of benzene rings is 3. The van der Waals surface area contributed by atoms with Gasteiger partial charge in [-0.2, -0.15) is 0 Å². The number of aliphatic hydroxyl groups is 1. The van der Waals surface area contributed by atoms with E-state index in [1.165, 1.54) is 0 Å². The Morgan fingerprint density at radius 3 is 1.68 bits per heavy atom. The van der Waals surface area contributed by atoms with Gasteiger partial charge in [0, 0.05) is 0 Å². The van der Waals surface area contributed by atoms with Crippen LogP contribution in [0.1, 0.15) is 16.7 Å². The van der Waals surface area contributed by atoms with Crippen molar-refractivity contribution in [2.24, 2.45) is 0 Å². The standard InChI is InChI=1S/C28H30O6/c29-16-24(30)26-28(33-19-23-14-8-3-9-15-23)27(32-18-22-12-6-2-7-13-22)25(34-26)20-31-17-21-10-4-1-5-11-21/h1-15,25-29H,16-20H2/t25-,26+,27-,28+/m1/s1. The fraction of sp³-hybridized carbons (Fsp3) is 0.321. The largest absolute Gasteiger partial charge is 0.388 e. The Kier molecular flexibility index (Phi) is 8.96. The predicted octanol–water partition coefficient (Wildman–Crippen LogP) is 3.70. The predicted molar refractivity (Wildman–Crippen MR) is 127 cm³/mol. The van der Waals surface area contributed by atoms with Crippen LogP contribution >= 0.6 is 0 Å². The molecule has 0 aliphatic carbocycles. The molecule has 1 saturated heterocycles. The molecule has 3 aromatic rings. The summed E-state index contributed by atoms with van der Waals surface area (Å²) in [4.78, 5) is 12.5. The van der Waals surface area contributed by atoms with Crippen molar-refractivity contribution in [3.8, 4) is 0 Å². The second kappa shape index (κ2) is 12.6. The average molecular weight is 463 g/mol. The minimum atomic E-state index is -0.931. The van der Waals surface area contributed by atoms with Gasteiger partial charge in [-0.25, -0.2) is 0 Å². The van der Waals surface area contributed by atoms with Gasteiger partial charge >= 0.3 is 0 Å². The van der Waals surface area contributed by atoms with Gasteiger partial charge in [-0.3, -0.25) is 4.79 Å². The summed E-state index contributed by atoms with van der Waals surface area (Å²) in [7, 11) is 0. The van der Waals surface area contributed by atoms with E-state index in [1.54, 1.807) is 0 Å². The molecule has 6 heteroatoms. The van der Waals surface area contributed by atoms with Crippen molar-refractivity contribution < 1.29 is 28.8 Å². The fourth-order valence-electron chi connectivity index (χ4n) is 4.00. The van der Waals surface area contributed by atoms with Crippen molar-refractivity contribution in [3.05, 3.63) is 108 Å². The summed E-state index contributed by atoms with van der Waals surface area (Å²) >= 11 is 0. The van der Waals surface area contributed by atoms with E-state index in [1.807, 2.05) is 91.0 Å². The molecule has 1 aliphatic heterocycles. The molecule has 0 aromatic heterocycles. The summed E-state index contributed by atoms with van der Waals surface area (Å²) in [5.41, 5.74) is 3.02. The SMILES string of the molecule is O=C(CO)[C@@H]1O[C@H](COCc2ccccc2)[C@@H](OCc2ccccc2)[C@H]1OCc1ccccc1. The first-order valence-corrected chi connectivity index (χ1v) is 11.5. The van der Waals surface area contributed by atoms with Gasteiger partial charge in [0.15, 0.2) is 5.78 Å². The molecule has 1 fully saturated rings. The van der Waals surface area contributed by atoms with Gasteiger partial charge in [0.25, 0.3) is 0 Å². The number of rotatable bonds is 12.